The van der Waals surface area contributed by atoms with Crippen LogP contribution in [0, 0.1) is 0 Å². The van der Waals surface area contributed by atoms with E-state index in [1.807, 2.05) is 0 Å². The number of ketones is 1. The molecule has 2 saturated heterocycles. The first-order chi connectivity index (χ1) is 11.8. The highest BCUT2D eigenvalue weighted by molar-refractivity contribution is 5.89. The fourth-order valence-corrected chi connectivity index (χ4v) is 6.11. The summed E-state index contributed by atoms with van der Waals surface area (Å²) in [5.41, 5.74) is 0. The summed E-state index contributed by atoms with van der Waals surface area (Å²) in [6, 6.07) is 1.92. The van der Waals surface area contributed by atoms with Crippen LogP contribution in [0.25, 0.3) is 0 Å². The normalized spacial score (nSPS) is 34.8. The number of rotatable bonds is 4. The Morgan fingerprint density at radius 2 is 0.958 bits per heavy atom. The first-order valence-electron chi connectivity index (χ1n) is 10.9. The van der Waals surface area contributed by atoms with Crippen molar-refractivity contribution in [3.05, 3.63) is 0 Å². The van der Waals surface area contributed by atoms with Crippen molar-refractivity contribution in [2.75, 3.05) is 13.1 Å². The molecule has 0 N–H and O–H groups in total. The second kappa shape index (κ2) is 7.86. The van der Waals surface area contributed by atoms with Crippen molar-refractivity contribution in [2.24, 2.45) is 0 Å². The molecule has 2 aliphatic carbocycles. The van der Waals surface area contributed by atoms with Gasteiger partial charge in [-0.15, -0.1) is 0 Å². The largest absolute Gasteiger partial charge is 0.296 e. The number of carbonyl (C=O) groups excluding carboxylic acids is 1. The Kier molecular flexibility index (Phi) is 5.58. The molecule has 4 aliphatic rings. The van der Waals surface area contributed by atoms with Gasteiger partial charge in [-0.25, -0.2) is 0 Å². The van der Waals surface area contributed by atoms with Crippen LogP contribution in [0.2, 0.25) is 0 Å². The number of carbonyl (C=O) groups is 1. The smallest absolute Gasteiger partial charge is 0.167 e. The highest BCUT2D eigenvalue weighted by Gasteiger charge is 2.43. The fraction of sp³-hybridized carbons (Fsp3) is 0.952. The summed E-state index contributed by atoms with van der Waals surface area (Å²) in [4.78, 5) is 18.7. The first kappa shape index (κ1) is 17.0. The van der Waals surface area contributed by atoms with E-state index in [1.54, 1.807) is 0 Å². The molecule has 0 bridgehead atoms. The molecule has 3 heteroatoms. The quantitative estimate of drug-likeness (QED) is 0.772. The monoisotopic (exact) mass is 332 g/mol. The highest BCUT2D eigenvalue weighted by atomic mass is 16.1. The molecule has 24 heavy (non-hydrogen) atoms. The van der Waals surface area contributed by atoms with Crippen LogP contribution in [0.15, 0.2) is 0 Å². The second-order valence-corrected chi connectivity index (χ2v) is 8.78. The van der Waals surface area contributed by atoms with Gasteiger partial charge in [0, 0.05) is 12.1 Å². The summed E-state index contributed by atoms with van der Waals surface area (Å²) in [5.74, 6) is 0.598. The van der Waals surface area contributed by atoms with Crippen LogP contribution in [0.1, 0.15) is 89.9 Å². The summed E-state index contributed by atoms with van der Waals surface area (Å²) in [6.07, 6.45) is 18.4. The zero-order valence-electron chi connectivity index (χ0n) is 15.4. The Morgan fingerprint density at radius 1 is 0.542 bits per heavy atom. The van der Waals surface area contributed by atoms with E-state index in [2.05, 4.69) is 9.80 Å². The summed E-state index contributed by atoms with van der Waals surface area (Å²) < 4.78 is 0. The van der Waals surface area contributed by atoms with Gasteiger partial charge in [0.2, 0.25) is 0 Å². The maximum Gasteiger partial charge on any atom is 0.167 e. The van der Waals surface area contributed by atoms with Gasteiger partial charge in [0.25, 0.3) is 0 Å². The maximum absolute atomic E-state index is 13.5. The summed E-state index contributed by atoms with van der Waals surface area (Å²) in [5, 5.41) is 0. The Balaban J connectivity index is 1.43. The van der Waals surface area contributed by atoms with Crippen LogP contribution in [-0.4, -0.2) is 52.8 Å². The Bertz CT molecular complexity index is 388. The third kappa shape index (κ3) is 3.44. The molecule has 0 radical (unpaired) electrons. The molecular formula is C21H36N2O. The van der Waals surface area contributed by atoms with Gasteiger partial charge >= 0.3 is 0 Å². The summed E-state index contributed by atoms with van der Waals surface area (Å²) in [7, 11) is 0. The van der Waals surface area contributed by atoms with Gasteiger partial charge in [-0.2, -0.15) is 0 Å². The van der Waals surface area contributed by atoms with Gasteiger partial charge in [0.15, 0.2) is 5.78 Å². The van der Waals surface area contributed by atoms with Crippen molar-refractivity contribution in [3.63, 3.8) is 0 Å². The van der Waals surface area contributed by atoms with Crippen molar-refractivity contribution in [2.45, 2.75) is 114 Å². The third-order valence-electron chi connectivity index (χ3n) is 7.33. The molecule has 4 fully saturated rings. The average Bonchev–Trinajstić information content (AvgIpc) is 3.32. The van der Waals surface area contributed by atoms with Crippen molar-refractivity contribution < 1.29 is 4.79 Å². The van der Waals surface area contributed by atoms with Crippen LogP contribution >= 0.6 is 0 Å². The van der Waals surface area contributed by atoms with Crippen LogP contribution in [0.3, 0.4) is 0 Å². The van der Waals surface area contributed by atoms with E-state index in [4.69, 9.17) is 0 Å². The maximum atomic E-state index is 13.5. The Hall–Kier alpha value is -0.410. The zero-order chi connectivity index (χ0) is 16.4. The van der Waals surface area contributed by atoms with E-state index in [0.29, 0.717) is 17.9 Å². The molecule has 2 heterocycles. The number of hydrogen-bond donors (Lipinski definition) is 0. The molecule has 2 aliphatic heterocycles. The van der Waals surface area contributed by atoms with E-state index in [9.17, 15) is 4.79 Å². The van der Waals surface area contributed by atoms with Crippen molar-refractivity contribution in [3.8, 4) is 0 Å². The highest BCUT2D eigenvalue weighted by Crippen LogP contribution is 2.34. The molecule has 0 amide bonds. The molecule has 4 rings (SSSR count). The van der Waals surface area contributed by atoms with Crippen molar-refractivity contribution >= 4 is 5.78 Å². The number of Topliss-reactive ketones (excluding diaryl/α,β-unsaturated/α-hetero) is 1. The number of hydrogen-bond acceptors (Lipinski definition) is 3. The summed E-state index contributed by atoms with van der Waals surface area (Å²) >= 11 is 0. The molecule has 2 atom stereocenters. The van der Waals surface area contributed by atoms with Crippen LogP contribution in [-0.2, 0) is 4.79 Å². The van der Waals surface area contributed by atoms with Gasteiger partial charge in [-0.3, -0.25) is 14.6 Å². The SMILES string of the molecule is O=C(C1CCCN1C1CCCCC1)C1CCCN1C1CCCCC1. The minimum atomic E-state index is 0.252. The lowest BCUT2D eigenvalue weighted by atomic mass is 9.90. The van der Waals surface area contributed by atoms with Gasteiger partial charge in [-0.1, -0.05) is 38.5 Å². The summed E-state index contributed by atoms with van der Waals surface area (Å²) in [6.45, 7) is 2.36. The lowest BCUT2D eigenvalue weighted by molar-refractivity contribution is -0.129. The molecule has 0 aromatic heterocycles. The molecule has 2 unspecified atom stereocenters. The fourth-order valence-electron chi connectivity index (χ4n) is 6.11. The number of nitrogens with zero attached hydrogens (tertiary/aromatic N) is 2. The minimum Gasteiger partial charge on any atom is -0.296 e. The Morgan fingerprint density at radius 3 is 1.38 bits per heavy atom. The molecule has 2 saturated carbocycles. The standard InChI is InChI=1S/C21H36N2O/c24-21(19-13-7-15-22(19)17-9-3-1-4-10-17)20-14-8-16-23(20)18-11-5-2-6-12-18/h17-20H,1-16H2. The third-order valence-corrected chi connectivity index (χ3v) is 7.33. The lowest BCUT2D eigenvalue weighted by Gasteiger charge is -2.39. The van der Waals surface area contributed by atoms with E-state index in [-0.39, 0.29) is 12.1 Å². The van der Waals surface area contributed by atoms with E-state index >= 15 is 0 Å². The van der Waals surface area contributed by atoms with E-state index in [1.165, 1.54) is 90.1 Å². The molecule has 0 aromatic rings. The van der Waals surface area contributed by atoms with Gasteiger partial charge in [-0.05, 0) is 64.5 Å². The zero-order valence-corrected chi connectivity index (χ0v) is 15.4. The van der Waals surface area contributed by atoms with Crippen LogP contribution in [0.4, 0.5) is 0 Å². The molecule has 0 aromatic carbocycles. The molecule has 136 valence electrons. The first-order valence-corrected chi connectivity index (χ1v) is 10.9. The van der Waals surface area contributed by atoms with Gasteiger partial charge in [0.05, 0.1) is 12.1 Å². The number of likely N-dealkylation sites (tertiary alicyclic amines) is 2. The predicted octanol–water partition coefficient (Wildman–Crippen LogP) is 4.15. The molecule has 0 spiro atoms. The van der Waals surface area contributed by atoms with Crippen LogP contribution in [0.5, 0.6) is 0 Å². The van der Waals surface area contributed by atoms with Gasteiger partial charge in [0.1, 0.15) is 0 Å². The van der Waals surface area contributed by atoms with Crippen molar-refractivity contribution in [1.29, 1.82) is 0 Å². The van der Waals surface area contributed by atoms with Gasteiger partial charge < -0.3 is 0 Å². The predicted molar refractivity (Wildman–Crippen MR) is 98.2 cm³/mol. The molecular weight excluding hydrogens is 296 g/mol. The van der Waals surface area contributed by atoms with Crippen LogP contribution < -0.4 is 0 Å². The topological polar surface area (TPSA) is 23.6 Å². The van der Waals surface area contributed by atoms with Crippen molar-refractivity contribution in [1.82, 2.24) is 9.80 Å². The molecule has 3 nitrogen and oxygen atoms in total. The minimum absolute atomic E-state index is 0.252. The Labute approximate surface area is 148 Å². The average molecular weight is 333 g/mol. The lowest BCUT2D eigenvalue weighted by Crippen LogP contribution is -2.52. The second-order valence-electron chi connectivity index (χ2n) is 8.78. The van der Waals surface area contributed by atoms with E-state index < -0.39 is 0 Å². The van der Waals surface area contributed by atoms with E-state index in [0.717, 1.165) is 12.8 Å².